The second kappa shape index (κ2) is 9.74. The molecule has 2 fully saturated rings. The van der Waals surface area contributed by atoms with Crippen LogP contribution >= 0.6 is 0 Å². The molecule has 2 aromatic rings. The Balaban J connectivity index is 1.41. The van der Waals surface area contributed by atoms with Crippen LogP contribution in [0.2, 0.25) is 0 Å². The lowest BCUT2D eigenvalue weighted by Gasteiger charge is -2.42. The molecule has 0 unspecified atom stereocenters. The highest BCUT2D eigenvalue weighted by Gasteiger charge is 2.30. The standard InChI is InChI=1S/C25H36N6/c1-18(2)19-7-9-21(10-8-19)30-13-11-22(12-14-30)31-16-20(15-28-25(27)29-17-26)23-5-3-4-6-24(23)31/h3-6,16,18-19,21-22H,7-15H2,1-2H3,(H3,27,28,29)/t19-,21+. The van der Waals surface area contributed by atoms with Gasteiger partial charge in [-0.2, -0.15) is 5.26 Å². The van der Waals surface area contributed by atoms with Crippen LogP contribution in [0, 0.1) is 23.3 Å². The second-order valence-corrected chi connectivity index (χ2v) is 9.61. The maximum Gasteiger partial charge on any atom is 0.209 e. The van der Waals surface area contributed by atoms with Gasteiger partial charge in [0, 0.05) is 48.8 Å². The molecule has 0 spiro atoms. The molecule has 1 saturated heterocycles. The fourth-order valence-corrected chi connectivity index (χ4v) is 5.66. The van der Waals surface area contributed by atoms with E-state index in [0.717, 1.165) is 17.9 Å². The predicted molar refractivity (Wildman–Crippen MR) is 126 cm³/mol. The van der Waals surface area contributed by atoms with E-state index in [1.54, 1.807) is 6.19 Å². The Hall–Kier alpha value is -2.52. The number of benzene rings is 1. The summed E-state index contributed by atoms with van der Waals surface area (Å²) < 4.78 is 2.47. The largest absolute Gasteiger partial charge is 0.369 e. The minimum Gasteiger partial charge on any atom is -0.369 e. The van der Waals surface area contributed by atoms with Crippen LogP contribution in [-0.4, -0.2) is 34.6 Å². The Morgan fingerprint density at radius 2 is 1.84 bits per heavy atom. The predicted octanol–water partition coefficient (Wildman–Crippen LogP) is 4.38. The van der Waals surface area contributed by atoms with Gasteiger partial charge in [-0.1, -0.05) is 32.0 Å². The number of aliphatic imine (C=N–C) groups is 1. The molecular weight excluding hydrogens is 384 g/mol. The maximum absolute atomic E-state index is 8.67. The van der Waals surface area contributed by atoms with Gasteiger partial charge in [-0.25, -0.2) is 0 Å². The Kier molecular flexibility index (Phi) is 6.82. The third-order valence-electron chi connectivity index (χ3n) is 7.55. The van der Waals surface area contributed by atoms with Crippen molar-refractivity contribution in [1.29, 1.82) is 5.26 Å². The van der Waals surface area contributed by atoms with Crippen molar-refractivity contribution < 1.29 is 0 Å². The van der Waals surface area contributed by atoms with Crippen molar-refractivity contribution in [1.82, 2.24) is 14.8 Å². The van der Waals surface area contributed by atoms with E-state index in [9.17, 15) is 0 Å². The first-order valence-electron chi connectivity index (χ1n) is 11.9. The molecule has 6 nitrogen and oxygen atoms in total. The summed E-state index contributed by atoms with van der Waals surface area (Å²) in [5, 5.41) is 13.0. The van der Waals surface area contributed by atoms with E-state index in [4.69, 9.17) is 11.0 Å². The van der Waals surface area contributed by atoms with Crippen LogP contribution in [0.4, 0.5) is 0 Å². The lowest BCUT2D eigenvalue weighted by Crippen LogP contribution is -2.43. The first kappa shape index (κ1) is 21.7. The summed E-state index contributed by atoms with van der Waals surface area (Å²) in [4.78, 5) is 6.32. The zero-order chi connectivity index (χ0) is 21.8. The number of likely N-dealkylation sites (tertiary alicyclic amines) is 1. The number of nitrogens with one attached hydrogen (secondary N) is 1. The van der Waals surface area contributed by atoms with E-state index in [1.807, 2.05) is 0 Å². The number of aromatic nitrogens is 1. The minimum absolute atomic E-state index is 0.167. The van der Waals surface area contributed by atoms with Gasteiger partial charge in [0.15, 0.2) is 0 Å². The Morgan fingerprint density at radius 3 is 2.52 bits per heavy atom. The second-order valence-electron chi connectivity index (χ2n) is 9.61. The van der Waals surface area contributed by atoms with Gasteiger partial charge < -0.3 is 20.5 Å². The third kappa shape index (κ3) is 4.88. The number of nitrogens with two attached hydrogens (primary N) is 1. The maximum atomic E-state index is 8.67. The lowest BCUT2D eigenvalue weighted by atomic mass is 9.79. The highest BCUT2D eigenvalue weighted by atomic mass is 15.2. The van der Waals surface area contributed by atoms with Gasteiger partial charge in [-0.3, -0.25) is 0 Å². The molecule has 31 heavy (non-hydrogen) atoms. The SMILES string of the molecule is CC(C)[C@H]1CC[C@@H](N2CCC(n3cc(CN/C(N)=N\C#N)c4ccccc43)CC2)CC1. The summed E-state index contributed by atoms with van der Waals surface area (Å²) in [7, 11) is 0. The van der Waals surface area contributed by atoms with Crippen LogP contribution in [0.15, 0.2) is 35.5 Å². The van der Waals surface area contributed by atoms with Gasteiger partial charge in [-0.05, 0) is 62.0 Å². The average molecular weight is 421 g/mol. The molecule has 6 heteroatoms. The molecule has 0 atom stereocenters. The molecule has 166 valence electrons. The van der Waals surface area contributed by atoms with Crippen LogP contribution in [-0.2, 0) is 6.54 Å². The molecule has 0 bridgehead atoms. The van der Waals surface area contributed by atoms with Crippen molar-refractivity contribution in [2.75, 3.05) is 13.1 Å². The van der Waals surface area contributed by atoms with Crippen LogP contribution < -0.4 is 11.1 Å². The van der Waals surface area contributed by atoms with Crippen molar-refractivity contribution >= 4 is 16.9 Å². The molecule has 1 aliphatic carbocycles. The summed E-state index contributed by atoms with van der Waals surface area (Å²) in [6.07, 6.45) is 12.0. The summed E-state index contributed by atoms with van der Waals surface area (Å²) in [6.45, 7) is 7.73. The number of piperidine rings is 1. The summed E-state index contributed by atoms with van der Waals surface area (Å²) >= 11 is 0. The lowest BCUT2D eigenvalue weighted by molar-refractivity contribution is 0.0894. The van der Waals surface area contributed by atoms with E-state index < -0.39 is 0 Å². The normalized spacial score (nSPS) is 23.9. The quantitative estimate of drug-likeness (QED) is 0.427. The van der Waals surface area contributed by atoms with Crippen molar-refractivity contribution in [3.63, 3.8) is 0 Å². The monoisotopic (exact) mass is 420 g/mol. The molecule has 0 radical (unpaired) electrons. The van der Waals surface area contributed by atoms with Crippen molar-refractivity contribution in [2.45, 2.75) is 71.0 Å². The van der Waals surface area contributed by atoms with Crippen molar-refractivity contribution in [3.8, 4) is 6.19 Å². The number of guanidine groups is 1. The van der Waals surface area contributed by atoms with Gasteiger partial charge >= 0.3 is 0 Å². The third-order valence-corrected chi connectivity index (χ3v) is 7.55. The Bertz CT molecular complexity index is 937. The molecule has 2 aliphatic rings. The van der Waals surface area contributed by atoms with Crippen LogP contribution in [0.5, 0.6) is 0 Å². The number of fused-ring (bicyclic) bond motifs is 1. The molecule has 3 N–H and O–H groups in total. The zero-order valence-corrected chi connectivity index (χ0v) is 18.9. The van der Waals surface area contributed by atoms with E-state index in [0.29, 0.717) is 12.6 Å². The summed E-state index contributed by atoms with van der Waals surface area (Å²) in [6, 6.07) is 9.91. The topological polar surface area (TPSA) is 82.4 Å². The van der Waals surface area contributed by atoms with Crippen LogP contribution in [0.3, 0.4) is 0 Å². The first-order chi connectivity index (χ1) is 15.1. The fraction of sp³-hybridized carbons (Fsp3) is 0.600. The van der Waals surface area contributed by atoms with Crippen molar-refractivity contribution in [2.24, 2.45) is 22.6 Å². The van der Waals surface area contributed by atoms with Gasteiger partial charge in [-0.15, -0.1) is 4.99 Å². The fourth-order valence-electron chi connectivity index (χ4n) is 5.66. The van der Waals surface area contributed by atoms with Gasteiger partial charge in [0.2, 0.25) is 12.2 Å². The molecular formula is C25H36N6. The highest BCUT2D eigenvalue weighted by Crippen LogP contribution is 2.35. The van der Waals surface area contributed by atoms with Gasteiger partial charge in [0.1, 0.15) is 0 Å². The minimum atomic E-state index is 0.167. The highest BCUT2D eigenvalue weighted by molar-refractivity contribution is 5.85. The van der Waals surface area contributed by atoms with Gasteiger partial charge in [0.25, 0.3) is 0 Å². The van der Waals surface area contributed by atoms with E-state index in [2.05, 4.69) is 64.1 Å². The van der Waals surface area contributed by atoms with Gasteiger partial charge in [0.05, 0.1) is 0 Å². The average Bonchev–Trinajstić information content (AvgIpc) is 3.17. The number of nitriles is 1. The number of rotatable bonds is 5. The molecule has 1 aromatic heterocycles. The summed E-state index contributed by atoms with van der Waals surface area (Å²) in [5.74, 6) is 1.93. The van der Waals surface area contributed by atoms with E-state index >= 15 is 0 Å². The van der Waals surface area contributed by atoms with E-state index in [1.165, 1.54) is 68.1 Å². The molecule has 1 saturated carbocycles. The zero-order valence-electron chi connectivity index (χ0n) is 18.9. The number of hydrogen-bond acceptors (Lipinski definition) is 3. The van der Waals surface area contributed by atoms with Crippen LogP contribution in [0.1, 0.15) is 64.0 Å². The smallest absolute Gasteiger partial charge is 0.209 e. The summed E-state index contributed by atoms with van der Waals surface area (Å²) in [5.41, 5.74) is 8.22. The number of hydrogen-bond donors (Lipinski definition) is 2. The molecule has 4 rings (SSSR count). The molecule has 1 aromatic carbocycles. The molecule has 1 aliphatic heterocycles. The molecule has 0 amide bonds. The number of para-hydroxylation sites is 1. The Morgan fingerprint density at radius 1 is 1.13 bits per heavy atom. The Labute approximate surface area is 186 Å². The first-order valence-corrected chi connectivity index (χ1v) is 11.9. The molecule has 2 heterocycles. The van der Waals surface area contributed by atoms with Crippen molar-refractivity contribution in [3.05, 3.63) is 36.0 Å². The van der Waals surface area contributed by atoms with E-state index in [-0.39, 0.29) is 5.96 Å². The number of nitrogens with zero attached hydrogens (tertiary/aromatic N) is 4. The van der Waals surface area contributed by atoms with Crippen LogP contribution in [0.25, 0.3) is 10.9 Å².